The van der Waals surface area contributed by atoms with Gasteiger partial charge in [-0.2, -0.15) is 0 Å². The van der Waals surface area contributed by atoms with E-state index in [0.717, 1.165) is 25.5 Å². The van der Waals surface area contributed by atoms with E-state index in [9.17, 15) is 22.8 Å². The summed E-state index contributed by atoms with van der Waals surface area (Å²) in [6.07, 6.45) is -1.44. The fourth-order valence-corrected chi connectivity index (χ4v) is 6.04. The van der Waals surface area contributed by atoms with E-state index < -0.39 is 18.1 Å². The number of benzene rings is 2. The number of rotatable bonds is 6. The molecule has 13 heteroatoms. The Morgan fingerprint density at radius 2 is 1.95 bits per heavy atom. The van der Waals surface area contributed by atoms with E-state index in [-0.39, 0.29) is 23.4 Å². The van der Waals surface area contributed by atoms with Gasteiger partial charge in [-0.05, 0) is 68.3 Å². The summed E-state index contributed by atoms with van der Waals surface area (Å²) in [5, 5.41) is 9.86. The number of aryl methyl sites for hydroxylation is 1. The number of hydrogen-bond donors (Lipinski definition) is 3. The number of pyridine rings is 1. The van der Waals surface area contributed by atoms with E-state index in [0.29, 0.717) is 44.3 Å². The Morgan fingerprint density at radius 3 is 2.68 bits per heavy atom. The second-order valence-corrected chi connectivity index (χ2v) is 10.6. The van der Waals surface area contributed by atoms with Crippen LogP contribution in [0.1, 0.15) is 28.1 Å². The highest BCUT2D eigenvalue weighted by atomic mass is 32.1. The lowest BCUT2D eigenvalue weighted by molar-refractivity contribution is -0.275. The third kappa shape index (κ3) is 5.37. The predicted octanol–water partition coefficient (Wildman–Crippen LogP) is 6.46. The number of hydrogen-bond acceptors (Lipinski definition) is 7. The van der Waals surface area contributed by atoms with Crippen LogP contribution < -0.4 is 30.3 Å². The Balaban J connectivity index is 1.30. The maximum Gasteiger partial charge on any atom is 0.573 e. The Labute approximate surface area is 236 Å². The standard InChI is InChI=1S/C28H24F3N5O4S/c1-15-13-17(39-20-6-2-3-7-21(20)40-28(29,30)31)8-9-18(15)36-19-10-12-33-26-22(19)23(35-27(36)38)24(41-26)25(37)34-16-5-4-11-32-14-16/h2-3,6-10,12-13,16,32H,4-5,11,14H2,1H3,(H,34,37)(H,35,38). The first kappa shape index (κ1) is 26.8. The number of alkyl halides is 3. The molecule has 4 heterocycles. The van der Waals surface area contributed by atoms with Crippen molar-refractivity contribution in [2.45, 2.75) is 32.2 Å². The van der Waals surface area contributed by atoms with Crippen LogP contribution >= 0.6 is 11.3 Å². The molecule has 1 atom stereocenters. The molecule has 0 bridgehead atoms. The van der Waals surface area contributed by atoms with E-state index in [4.69, 9.17) is 4.74 Å². The number of para-hydroxylation sites is 2. The van der Waals surface area contributed by atoms with Crippen molar-refractivity contribution >= 4 is 50.6 Å². The van der Waals surface area contributed by atoms with Crippen LogP contribution in [0.5, 0.6) is 17.2 Å². The van der Waals surface area contributed by atoms with Gasteiger partial charge in [-0.1, -0.05) is 12.1 Å². The van der Waals surface area contributed by atoms with Gasteiger partial charge in [0, 0.05) is 18.8 Å². The molecule has 4 aromatic rings. The molecule has 2 aliphatic rings. The first-order valence-electron chi connectivity index (χ1n) is 12.9. The summed E-state index contributed by atoms with van der Waals surface area (Å²) in [5.41, 5.74) is 2.13. The molecule has 1 fully saturated rings. The first-order valence-corrected chi connectivity index (χ1v) is 13.7. The van der Waals surface area contributed by atoms with E-state index in [2.05, 4.69) is 25.7 Å². The van der Waals surface area contributed by atoms with Crippen molar-refractivity contribution in [1.29, 1.82) is 0 Å². The average molecular weight is 584 g/mol. The molecule has 0 saturated carbocycles. The molecule has 6 rings (SSSR count). The molecule has 2 aromatic carbocycles. The zero-order chi connectivity index (χ0) is 28.7. The van der Waals surface area contributed by atoms with Gasteiger partial charge in [0.2, 0.25) is 0 Å². The second kappa shape index (κ2) is 10.6. The van der Waals surface area contributed by atoms with Crippen molar-refractivity contribution in [2.24, 2.45) is 0 Å². The third-order valence-corrected chi connectivity index (χ3v) is 7.89. The molecular formula is C28H24F3N5O4S. The van der Waals surface area contributed by atoms with Crippen molar-refractivity contribution in [3.8, 4) is 17.2 Å². The van der Waals surface area contributed by atoms with Crippen molar-refractivity contribution in [2.75, 3.05) is 23.3 Å². The molecular weight excluding hydrogens is 559 g/mol. The molecule has 1 saturated heterocycles. The van der Waals surface area contributed by atoms with Crippen LogP contribution in [0.15, 0.2) is 54.7 Å². The lowest BCUT2D eigenvalue weighted by Crippen LogP contribution is -2.45. The number of carbonyl (C=O) groups excluding carboxylic acids is 2. The van der Waals surface area contributed by atoms with Crippen LogP contribution in [0.2, 0.25) is 0 Å². The monoisotopic (exact) mass is 583 g/mol. The topological polar surface area (TPSA) is 105 Å². The number of piperidine rings is 1. The third-order valence-electron chi connectivity index (χ3n) is 6.80. The molecule has 212 valence electrons. The van der Waals surface area contributed by atoms with E-state index in [1.165, 1.54) is 34.4 Å². The number of anilines is 3. The summed E-state index contributed by atoms with van der Waals surface area (Å²) in [7, 11) is 0. The van der Waals surface area contributed by atoms with E-state index in [1.807, 2.05) is 0 Å². The molecule has 2 aromatic heterocycles. The number of halogens is 3. The number of nitrogens with zero attached hydrogens (tertiary/aromatic N) is 2. The minimum atomic E-state index is -4.87. The predicted molar refractivity (Wildman–Crippen MR) is 149 cm³/mol. The quantitative estimate of drug-likeness (QED) is 0.241. The minimum absolute atomic E-state index is 0.00672. The molecule has 0 spiro atoms. The van der Waals surface area contributed by atoms with E-state index >= 15 is 0 Å². The van der Waals surface area contributed by atoms with Gasteiger partial charge in [0.05, 0.1) is 22.4 Å². The van der Waals surface area contributed by atoms with Gasteiger partial charge in [0.15, 0.2) is 11.5 Å². The van der Waals surface area contributed by atoms with Crippen LogP contribution in [-0.2, 0) is 0 Å². The molecule has 1 unspecified atom stereocenters. The molecule has 0 radical (unpaired) electrons. The van der Waals surface area contributed by atoms with Crippen LogP contribution in [0, 0.1) is 6.92 Å². The Bertz CT molecular complexity index is 1650. The van der Waals surface area contributed by atoms with Crippen molar-refractivity contribution in [1.82, 2.24) is 15.6 Å². The summed E-state index contributed by atoms with van der Waals surface area (Å²) in [6, 6.07) is 11.5. The number of urea groups is 1. The maximum absolute atomic E-state index is 13.5. The first-order chi connectivity index (χ1) is 19.7. The highest BCUT2D eigenvalue weighted by Gasteiger charge is 2.34. The summed E-state index contributed by atoms with van der Waals surface area (Å²) < 4.78 is 48.2. The van der Waals surface area contributed by atoms with Crippen LogP contribution in [0.25, 0.3) is 10.2 Å². The second-order valence-electron chi connectivity index (χ2n) is 9.64. The van der Waals surface area contributed by atoms with Gasteiger partial charge >= 0.3 is 12.4 Å². The molecule has 2 aliphatic heterocycles. The zero-order valence-corrected chi connectivity index (χ0v) is 22.5. The van der Waals surface area contributed by atoms with Gasteiger partial charge in [-0.3, -0.25) is 9.69 Å². The zero-order valence-electron chi connectivity index (χ0n) is 21.7. The number of ether oxygens (including phenoxy) is 2. The Kier molecular flexibility index (Phi) is 6.91. The maximum atomic E-state index is 13.5. The van der Waals surface area contributed by atoms with E-state index in [1.54, 1.807) is 37.4 Å². The summed E-state index contributed by atoms with van der Waals surface area (Å²) in [6.45, 7) is 3.37. The lowest BCUT2D eigenvalue weighted by Gasteiger charge is -2.30. The van der Waals surface area contributed by atoms with Gasteiger partial charge < -0.3 is 25.4 Å². The largest absolute Gasteiger partial charge is 0.573 e. The van der Waals surface area contributed by atoms with Gasteiger partial charge in [0.25, 0.3) is 5.91 Å². The number of amides is 3. The smallest absolute Gasteiger partial charge is 0.453 e. The van der Waals surface area contributed by atoms with Crippen molar-refractivity contribution < 1.29 is 32.2 Å². The highest BCUT2D eigenvalue weighted by Crippen LogP contribution is 2.46. The summed E-state index contributed by atoms with van der Waals surface area (Å²) >= 11 is 1.21. The lowest BCUT2D eigenvalue weighted by atomic mass is 10.1. The Morgan fingerprint density at radius 1 is 1.15 bits per heavy atom. The van der Waals surface area contributed by atoms with Gasteiger partial charge in [0.1, 0.15) is 15.5 Å². The van der Waals surface area contributed by atoms with Crippen LogP contribution in [-0.4, -0.2) is 42.4 Å². The molecule has 41 heavy (non-hydrogen) atoms. The number of aromatic nitrogens is 1. The van der Waals surface area contributed by atoms with Gasteiger partial charge in [-0.15, -0.1) is 24.5 Å². The number of nitrogens with one attached hydrogen (secondary N) is 3. The van der Waals surface area contributed by atoms with Crippen LogP contribution in [0.3, 0.4) is 0 Å². The van der Waals surface area contributed by atoms with Crippen molar-refractivity contribution in [3.63, 3.8) is 0 Å². The average Bonchev–Trinajstić information content (AvgIpc) is 3.30. The SMILES string of the molecule is Cc1cc(Oc2ccccc2OC(F)(F)F)ccc1N1C(=O)Nc2c(C(=O)NC3CCCNC3)sc3nccc1c23. The van der Waals surface area contributed by atoms with Gasteiger partial charge in [-0.25, -0.2) is 9.78 Å². The molecule has 3 amide bonds. The fourth-order valence-electron chi connectivity index (χ4n) is 5.02. The molecule has 9 nitrogen and oxygen atoms in total. The number of thiophene rings is 1. The summed E-state index contributed by atoms with van der Waals surface area (Å²) in [5.74, 6) is -0.583. The molecule has 0 aliphatic carbocycles. The van der Waals surface area contributed by atoms with Crippen LogP contribution in [0.4, 0.5) is 35.0 Å². The molecule has 3 N–H and O–H groups in total. The van der Waals surface area contributed by atoms with Crippen molar-refractivity contribution in [3.05, 3.63) is 65.2 Å². The fraction of sp³-hybridized carbons (Fsp3) is 0.250. The highest BCUT2D eigenvalue weighted by molar-refractivity contribution is 7.21. The number of carbonyl (C=O) groups is 2. The minimum Gasteiger partial charge on any atom is -0.453 e. The Hall–Kier alpha value is -4.36. The summed E-state index contributed by atoms with van der Waals surface area (Å²) in [4.78, 5) is 33.6. The normalized spacial score (nSPS) is 16.8.